The van der Waals surface area contributed by atoms with Gasteiger partial charge in [0.2, 0.25) is 0 Å². The van der Waals surface area contributed by atoms with Crippen molar-refractivity contribution in [3.8, 4) is 11.5 Å². The van der Waals surface area contributed by atoms with E-state index in [0.717, 1.165) is 16.8 Å². The van der Waals surface area contributed by atoms with Crippen molar-refractivity contribution in [1.82, 2.24) is 0 Å². The number of hydrogen-bond donors (Lipinski definition) is 1. The first kappa shape index (κ1) is 18.8. The maximum Gasteiger partial charge on any atom is 0.330 e. The minimum atomic E-state index is -0.934. The predicted octanol–water partition coefficient (Wildman–Crippen LogP) is 2.68. The van der Waals surface area contributed by atoms with Gasteiger partial charge in [0.1, 0.15) is 30.8 Å². The zero-order chi connectivity index (χ0) is 18.1. The Hall–Kier alpha value is -2.57. The molecule has 2 rings (SSSR count). The van der Waals surface area contributed by atoms with Crippen molar-refractivity contribution in [2.24, 2.45) is 0 Å². The molecular weight excluding hydrogens is 324 g/mol. The molecule has 0 bridgehead atoms. The molecule has 2 aromatic rings. The Labute approximate surface area is 146 Å². The van der Waals surface area contributed by atoms with Gasteiger partial charge >= 0.3 is 5.97 Å². The molecule has 0 spiro atoms. The lowest BCUT2D eigenvalue weighted by molar-refractivity contribution is -0.141. The molecule has 0 saturated heterocycles. The number of aliphatic hydroxyl groups is 1. The van der Waals surface area contributed by atoms with Crippen molar-refractivity contribution in [3.63, 3.8) is 0 Å². The van der Waals surface area contributed by atoms with Crippen LogP contribution in [0.15, 0.2) is 49.1 Å². The average Bonchev–Trinajstić information content (AvgIpc) is 2.65. The van der Waals surface area contributed by atoms with Gasteiger partial charge in [-0.3, -0.25) is 0 Å². The van der Waals surface area contributed by atoms with E-state index < -0.39 is 12.1 Å². The SMILES string of the molecule is C=CC(=O)OCC(O)COc1ccc(OCOCC)c2ccccc12. The Kier molecular flexibility index (Phi) is 7.25. The number of fused-ring (bicyclic) bond motifs is 1. The third kappa shape index (κ3) is 5.48. The van der Waals surface area contributed by atoms with Crippen LogP contribution in [-0.4, -0.2) is 43.8 Å². The summed E-state index contributed by atoms with van der Waals surface area (Å²) < 4.78 is 21.3. The first-order chi connectivity index (χ1) is 12.2. The molecule has 1 atom stereocenters. The van der Waals surface area contributed by atoms with Gasteiger partial charge < -0.3 is 24.1 Å². The van der Waals surface area contributed by atoms with E-state index >= 15 is 0 Å². The number of rotatable bonds is 10. The molecule has 1 N–H and O–H groups in total. The number of ether oxygens (including phenoxy) is 4. The smallest absolute Gasteiger partial charge is 0.330 e. The van der Waals surface area contributed by atoms with Crippen LogP contribution in [0.3, 0.4) is 0 Å². The van der Waals surface area contributed by atoms with Gasteiger partial charge in [0.05, 0.1) is 0 Å². The van der Waals surface area contributed by atoms with Crippen LogP contribution >= 0.6 is 0 Å². The van der Waals surface area contributed by atoms with Crippen LogP contribution in [0, 0.1) is 0 Å². The van der Waals surface area contributed by atoms with Crippen molar-refractivity contribution in [3.05, 3.63) is 49.1 Å². The second-order valence-electron chi connectivity index (χ2n) is 5.16. The molecule has 0 fully saturated rings. The molecule has 0 amide bonds. The lowest BCUT2D eigenvalue weighted by Gasteiger charge is -2.15. The van der Waals surface area contributed by atoms with Crippen LogP contribution in [-0.2, 0) is 14.3 Å². The van der Waals surface area contributed by atoms with Crippen LogP contribution < -0.4 is 9.47 Å². The highest BCUT2D eigenvalue weighted by Gasteiger charge is 2.11. The lowest BCUT2D eigenvalue weighted by atomic mass is 10.1. The molecular formula is C19H22O6. The fourth-order valence-corrected chi connectivity index (χ4v) is 2.16. The topological polar surface area (TPSA) is 74.2 Å². The van der Waals surface area contributed by atoms with Crippen molar-refractivity contribution in [2.45, 2.75) is 13.0 Å². The molecule has 0 aliphatic heterocycles. The molecule has 0 radical (unpaired) electrons. The van der Waals surface area contributed by atoms with Gasteiger partial charge in [-0.2, -0.15) is 0 Å². The summed E-state index contributed by atoms with van der Waals surface area (Å²) in [6.07, 6.45) is 0.110. The summed E-state index contributed by atoms with van der Waals surface area (Å²) in [6, 6.07) is 11.2. The highest BCUT2D eigenvalue weighted by molar-refractivity contribution is 5.93. The molecule has 2 aromatic carbocycles. The molecule has 0 aliphatic rings. The maximum absolute atomic E-state index is 11.0. The van der Waals surface area contributed by atoms with Gasteiger partial charge in [0.25, 0.3) is 0 Å². The molecule has 25 heavy (non-hydrogen) atoms. The van der Waals surface area contributed by atoms with Crippen molar-refractivity contribution >= 4 is 16.7 Å². The lowest BCUT2D eigenvalue weighted by Crippen LogP contribution is -2.24. The van der Waals surface area contributed by atoms with E-state index in [-0.39, 0.29) is 20.0 Å². The van der Waals surface area contributed by atoms with Crippen LogP contribution in [0.2, 0.25) is 0 Å². The van der Waals surface area contributed by atoms with Crippen LogP contribution in [0.1, 0.15) is 6.92 Å². The molecule has 0 aliphatic carbocycles. The van der Waals surface area contributed by atoms with Gasteiger partial charge in [-0.15, -0.1) is 0 Å². The molecule has 0 saturated carbocycles. The van der Waals surface area contributed by atoms with Crippen LogP contribution in [0.5, 0.6) is 11.5 Å². The van der Waals surface area contributed by atoms with E-state index in [1.807, 2.05) is 31.2 Å². The first-order valence-electron chi connectivity index (χ1n) is 7.98. The number of esters is 1. The fraction of sp³-hybridized carbons (Fsp3) is 0.316. The van der Waals surface area contributed by atoms with Gasteiger partial charge in [-0.1, -0.05) is 30.8 Å². The summed E-state index contributed by atoms with van der Waals surface area (Å²) in [6.45, 7) is 5.78. The van der Waals surface area contributed by atoms with E-state index in [1.165, 1.54) is 0 Å². The van der Waals surface area contributed by atoms with Gasteiger partial charge in [-0.25, -0.2) is 4.79 Å². The van der Waals surface area contributed by atoms with Crippen LogP contribution in [0.4, 0.5) is 0 Å². The van der Waals surface area contributed by atoms with Crippen LogP contribution in [0.25, 0.3) is 10.8 Å². The third-order valence-corrected chi connectivity index (χ3v) is 3.36. The number of carbonyl (C=O) groups is 1. The van der Waals surface area contributed by atoms with E-state index in [2.05, 4.69) is 6.58 Å². The second-order valence-corrected chi connectivity index (χ2v) is 5.16. The minimum Gasteiger partial charge on any atom is -0.490 e. The monoisotopic (exact) mass is 346 g/mol. The largest absolute Gasteiger partial charge is 0.490 e. The first-order valence-corrected chi connectivity index (χ1v) is 7.98. The summed E-state index contributed by atoms with van der Waals surface area (Å²) in [5.41, 5.74) is 0. The van der Waals surface area contributed by atoms with Gasteiger partial charge in [0.15, 0.2) is 6.79 Å². The molecule has 0 aromatic heterocycles. The Bertz CT molecular complexity index is 712. The average molecular weight is 346 g/mol. The molecule has 6 heteroatoms. The summed E-state index contributed by atoms with van der Waals surface area (Å²) in [5.74, 6) is 0.714. The number of hydrogen-bond acceptors (Lipinski definition) is 6. The summed E-state index contributed by atoms with van der Waals surface area (Å²) in [5, 5.41) is 11.6. The quantitative estimate of drug-likeness (QED) is 0.309. The highest BCUT2D eigenvalue weighted by atomic mass is 16.7. The second kappa shape index (κ2) is 9.66. The Morgan fingerprint density at radius 2 is 1.76 bits per heavy atom. The minimum absolute atomic E-state index is 0.00638. The van der Waals surface area contributed by atoms with E-state index in [4.69, 9.17) is 18.9 Å². The normalized spacial score (nSPS) is 11.8. The Balaban J connectivity index is 2.05. The molecule has 6 nitrogen and oxygen atoms in total. The standard InChI is InChI=1S/C19H22O6/c1-3-19(21)24-12-14(20)11-23-17-9-10-18(25-13-22-4-2)16-8-6-5-7-15(16)17/h3,5-10,14,20H,1,4,11-13H2,2H3. The van der Waals surface area contributed by atoms with Crippen molar-refractivity contribution in [2.75, 3.05) is 26.6 Å². The van der Waals surface area contributed by atoms with E-state index in [0.29, 0.717) is 18.1 Å². The van der Waals surface area contributed by atoms with E-state index in [9.17, 15) is 9.90 Å². The Morgan fingerprint density at radius 1 is 1.12 bits per heavy atom. The zero-order valence-corrected chi connectivity index (χ0v) is 14.1. The zero-order valence-electron chi connectivity index (χ0n) is 14.1. The van der Waals surface area contributed by atoms with Gasteiger partial charge in [-0.05, 0) is 19.1 Å². The molecule has 1 unspecified atom stereocenters. The van der Waals surface area contributed by atoms with Crippen molar-refractivity contribution in [1.29, 1.82) is 0 Å². The van der Waals surface area contributed by atoms with Crippen molar-refractivity contribution < 1.29 is 28.8 Å². The summed E-state index contributed by atoms with van der Waals surface area (Å²) >= 11 is 0. The predicted molar refractivity (Wildman–Crippen MR) is 93.7 cm³/mol. The van der Waals surface area contributed by atoms with E-state index in [1.54, 1.807) is 12.1 Å². The molecule has 134 valence electrons. The summed E-state index contributed by atoms with van der Waals surface area (Å²) in [7, 11) is 0. The van der Waals surface area contributed by atoms with Gasteiger partial charge in [0, 0.05) is 23.5 Å². The maximum atomic E-state index is 11.0. The number of aliphatic hydroxyl groups excluding tert-OH is 1. The Morgan fingerprint density at radius 3 is 2.36 bits per heavy atom. The summed E-state index contributed by atoms with van der Waals surface area (Å²) in [4.78, 5) is 11.0. The third-order valence-electron chi connectivity index (χ3n) is 3.36. The number of carbonyl (C=O) groups excluding carboxylic acids is 1. The highest BCUT2D eigenvalue weighted by Crippen LogP contribution is 2.33. The molecule has 0 heterocycles. The fourth-order valence-electron chi connectivity index (χ4n) is 2.16. The number of benzene rings is 2.